The van der Waals surface area contributed by atoms with Crippen LogP contribution in [0, 0.1) is 0 Å². The number of amides is 1. The standard InChI is InChI=1S/C23H31NO2/c1-23(2,3)26-22(25)24-21(20-16-10-6-11-17-20)18-12-5-9-15-19-13-7-4-8-14-19/h4,6-8,10-11,13-14,16-17,21H,5,9,12,15,18H2,1-3H3,(H,24,25). The van der Waals surface area contributed by atoms with Crippen molar-refractivity contribution in [3.63, 3.8) is 0 Å². The molecule has 1 unspecified atom stereocenters. The number of carbonyl (C=O) groups is 1. The van der Waals surface area contributed by atoms with E-state index in [1.807, 2.05) is 39.0 Å². The molecule has 1 amide bonds. The summed E-state index contributed by atoms with van der Waals surface area (Å²) in [5.41, 5.74) is 2.03. The molecule has 0 saturated carbocycles. The van der Waals surface area contributed by atoms with Gasteiger partial charge in [0.1, 0.15) is 5.60 Å². The van der Waals surface area contributed by atoms with Crippen molar-refractivity contribution < 1.29 is 9.53 Å². The van der Waals surface area contributed by atoms with E-state index in [4.69, 9.17) is 4.74 Å². The minimum atomic E-state index is -0.485. The van der Waals surface area contributed by atoms with Crippen molar-refractivity contribution in [3.8, 4) is 0 Å². The van der Waals surface area contributed by atoms with E-state index in [0.29, 0.717) is 0 Å². The highest BCUT2D eigenvalue weighted by molar-refractivity contribution is 5.68. The molecule has 3 heteroatoms. The third kappa shape index (κ3) is 7.73. The summed E-state index contributed by atoms with van der Waals surface area (Å²) in [5.74, 6) is 0. The van der Waals surface area contributed by atoms with Crippen LogP contribution in [0.3, 0.4) is 0 Å². The molecule has 2 aromatic rings. The van der Waals surface area contributed by atoms with Crippen LogP contribution in [0.4, 0.5) is 4.79 Å². The minimum absolute atomic E-state index is 0.0113. The molecule has 0 spiro atoms. The fourth-order valence-electron chi connectivity index (χ4n) is 2.96. The van der Waals surface area contributed by atoms with Crippen LogP contribution in [0.25, 0.3) is 0 Å². The van der Waals surface area contributed by atoms with E-state index in [2.05, 4.69) is 47.8 Å². The molecule has 0 aromatic heterocycles. The second-order valence-electron chi connectivity index (χ2n) is 7.69. The van der Waals surface area contributed by atoms with E-state index in [1.165, 1.54) is 5.56 Å². The SMILES string of the molecule is CC(C)(C)OC(=O)NC(CCCCCc1ccccc1)c1ccccc1. The lowest BCUT2D eigenvalue weighted by Crippen LogP contribution is -2.35. The lowest BCUT2D eigenvalue weighted by molar-refractivity contribution is 0.0500. The maximum absolute atomic E-state index is 12.2. The molecule has 140 valence electrons. The van der Waals surface area contributed by atoms with Crippen molar-refractivity contribution in [2.45, 2.75) is 64.5 Å². The highest BCUT2D eigenvalue weighted by atomic mass is 16.6. The van der Waals surface area contributed by atoms with Crippen LogP contribution < -0.4 is 5.32 Å². The minimum Gasteiger partial charge on any atom is -0.444 e. The van der Waals surface area contributed by atoms with Crippen molar-refractivity contribution in [1.82, 2.24) is 5.32 Å². The van der Waals surface area contributed by atoms with Crippen molar-refractivity contribution >= 4 is 6.09 Å². The number of alkyl carbamates (subject to hydrolysis) is 1. The van der Waals surface area contributed by atoms with E-state index in [9.17, 15) is 4.79 Å². The van der Waals surface area contributed by atoms with Gasteiger partial charge in [0.2, 0.25) is 0 Å². The van der Waals surface area contributed by atoms with E-state index in [0.717, 1.165) is 37.7 Å². The lowest BCUT2D eigenvalue weighted by Gasteiger charge is -2.24. The summed E-state index contributed by atoms with van der Waals surface area (Å²) in [7, 11) is 0. The van der Waals surface area contributed by atoms with Gasteiger partial charge in [-0.05, 0) is 51.2 Å². The normalized spacial score (nSPS) is 12.4. The number of aryl methyl sites for hydroxylation is 1. The number of carbonyl (C=O) groups excluding carboxylic acids is 1. The predicted molar refractivity (Wildman–Crippen MR) is 107 cm³/mol. The van der Waals surface area contributed by atoms with E-state index in [-0.39, 0.29) is 12.1 Å². The quantitative estimate of drug-likeness (QED) is 0.586. The van der Waals surface area contributed by atoms with Gasteiger partial charge in [-0.15, -0.1) is 0 Å². The highest BCUT2D eigenvalue weighted by Gasteiger charge is 2.20. The van der Waals surface area contributed by atoms with Crippen LogP contribution in [0.2, 0.25) is 0 Å². The fourth-order valence-corrected chi connectivity index (χ4v) is 2.96. The summed E-state index contributed by atoms with van der Waals surface area (Å²) in [6, 6.07) is 20.7. The van der Waals surface area contributed by atoms with Crippen LogP contribution >= 0.6 is 0 Å². The topological polar surface area (TPSA) is 38.3 Å². The van der Waals surface area contributed by atoms with Crippen LogP contribution in [-0.2, 0) is 11.2 Å². The Balaban J connectivity index is 1.83. The van der Waals surface area contributed by atoms with Crippen LogP contribution in [0.5, 0.6) is 0 Å². The zero-order valence-electron chi connectivity index (χ0n) is 16.2. The third-order valence-electron chi connectivity index (χ3n) is 4.19. The van der Waals surface area contributed by atoms with Gasteiger partial charge in [-0.1, -0.05) is 73.5 Å². The maximum atomic E-state index is 12.2. The Labute approximate surface area is 157 Å². The Morgan fingerprint density at radius 2 is 1.54 bits per heavy atom. The fraction of sp³-hybridized carbons (Fsp3) is 0.435. The van der Waals surface area contributed by atoms with E-state index in [1.54, 1.807) is 0 Å². The molecule has 0 aliphatic carbocycles. The molecule has 0 aliphatic rings. The molecular formula is C23H31NO2. The molecule has 0 aliphatic heterocycles. The Morgan fingerprint density at radius 3 is 2.15 bits per heavy atom. The monoisotopic (exact) mass is 353 g/mol. The number of hydrogen-bond acceptors (Lipinski definition) is 2. The van der Waals surface area contributed by atoms with Gasteiger partial charge in [-0.25, -0.2) is 4.79 Å². The predicted octanol–water partition coefficient (Wildman–Crippen LogP) is 6.06. The van der Waals surface area contributed by atoms with Gasteiger partial charge in [0.15, 0.2) is 0 Å². The molecule has 0 radical (unpaired) electrons. The van der Waals surface area contributed by atoms with Gasteiger partial charge in [0.05, 0.1) is 6.04 Å². The number of hydrogen-bond donors (Lipinski definition) is 1. The number of benzene rings is 2. The van der Waals surface area contributed by atoms with E-state index < -0.39 is 5.60 Å². The number of ether oxygens (including phenoxy) is 1. The number of unbranched alkanes of at least 4 members (excludes halogenated alkanes) is 2. The molecule has 2 rings (SSSR count). The second kappa shape index (κ2) is 10.0. The van der Waals surface area contributed by atoms with Gasteiger partial charge in [-0.3, -0.25) is 0 Å². The molecule has 1 atom stereocenters. The zero-order chi connectivity index (χ0) is 18.8. The lowest BCUT2D eigenvalue weighted by atomic mass is 9.99. The van der Waals surface area contributed by atoms with Gasteiger partial charge in [0.25, 0.3) is 0 Å². The summed E-state index contributed by atoms with van der Waals surface area (Å²) in [6.07, 6.45) is 5.05. The van der Waals surface area contributed by atoms with Gasteiger partial charge in [0, 0.05) is 0 Å². The molecule has 2 aromatic carbocycles. The van der Waals surface area contributed by atoms with Crippen molar-refractivity contribution in [2.75, 3.05) is 0 Å². The first kappa shape index (κ1) is 20.0. The van der Waals surface area contributed by atoms with Gasteiger partial charge >= 0.3 is 6.09 Å². The summed E-state index contributed by atoms with van der Waals surface area (Å²) >= 11 is 0. The molecule has 0 fully saturated rings. The summed E-state index contributed by atoms with van der Waals surface area (Å²) < 4.78 is 5.42. The molecule has 26 heavy (non-hydrogen) atoms. The molecule has 0 saturated heterocycles. The van der Waals surface area contributed by atoms with Crippen molar-refractivity contribution in [3.05, 3.63) is 71.8 Å². The van der Waals surface area contributed by atoms with Crippen LogP contribution in [0.1, 0.15) is 63.6 Å². The first-order chi connectivity index (χ1) is 12.4. The van der Waals surface area contributed by atoms with E-state index >= 15 is 0 Å². The Bertz CT molecular complexity index is 647. The molecule has 1 N–H and O–H groups in total. The summed E-state index contributed by atoms with van der Waals surface area (Å²) in [5, 5.41) is 3.04. The number of rotatable bonds is 8. The molecule has 0 bridgehead atoms. The maximum Gasteiger partial charge on any atom is 0.408 e. The molecular weight excluding hydrogens is 322 g/mol. The first-order valence-electron chi connectivity index (χ1n) is 9.52. The second-order valence-corrected chi connectivity index (χ2v) is 7.69. The average Bonchev–Trinajstić information content (AvgIpc) is 2.60. The Morgan fingerprint density at radius 1 is 0.923 bits per heavy atom. The van der Waals surface area contributed by atoms with Gasteiger partial charge in [-0.2, -0.15) is 0 Å². The average molecular weight is 354 g/mol. The Kier molecular flexibility index (Phi) is 7.71. The largest absolute Gasteiger partial charge is 0.444 e. The van der Waals surface area contributed by atoms with Crippen LogP contribution in [-0.4, -0.2) is 11.7 Å². The summed E-state index contributed by atoms with van der Waals surface area (Å²) in [4.78, 5) is 12.2. The van der Waals surface area contributed by atoms with Crippen molar-refractivity contribution in [1.29, 1.82) is 0 Å². The first-order valence-corrected chi connectivity index (χ1v) is 9.52. The van der Waals surface area contributed by atoms with Gasteiger partial charge < -0.3 is 10.1 Å². The van der Waals surface area contributed by atoms with Crippen LogP contribution in [0.15, 0.2) is 60.7 Å². The smallest absolute Gasteiger partial charge is 0.408 e. The molecule has 3 nitrogen and oxygen atoms in total. The third-order valence-corrected chi connectivity index (χ3v) is 4.19. The molecule has 0 heterocycles. The highest BCUT2D eigenvalue weighted by Crippen LogP contribution is 2.21. The zero-order valence-corrected chi connectivity index (χ0v) is 16.2. The Hall–Kier alpha value is -2.29. The summed E-state index contributed by atoms with van der Waals surface area (Å²) in [6.45, 7) is 5.65. The number of nitrogens with one attached hydrogen (secondary N) is 1. The van der Waals surface area contributed by atoms with Crippen molar-refractivity contribution in [2.24, 2.45) is 0 Å².